The first-order valence-electron chi connectivity index (χ1n) is 8.54. The van der Waals surface area contributed by atoms with Crippen LogP contribution in [0.2, 0.25) is 5.02 Å². The Morgan fingerprint density at radius 2 is 2.07 bits per heavy atom. The van der Waals surface area contributed by atoms with Crippen molar-refractivity contribution < 1.29 is 28.5 Å². The molecule has 2 aromatic rings. The van der Waals surface area contributed by atoms with E-state index in [1.807, 2.05) is 0 Å². The van der Waals surface area contributed by atoms with Crippen LogP contribution in [0.15, 0.2) is 36.4 Å². The van der Waals surface area contributed by atoms with Gasteiger partial charge in [-0.1, -0.05) is 11.6 Å². The fourth-order valence-corrected chi connectivity index (χ4v) is 3.22. The third kappa shape index (κ3) is 3.50. The largest absolute Gasteiger partial charge is 0.496 e. The Kier molecular flexibility index (Phi) is 4.87. The molecule has 2 heterocycles. The Morgan fingerprint density at radius 1 is 1.25 bits per heavy atom. The summed E-state index contributed by atoms with van der Waals surface area (Å²) in [6.45, 7) is 0.609. The molecule has 9 heteroatoms. The van der Waals surface area contributed by atoms with Crippen molar-refractivity contribution in [3.8, 4) is 17.2 Å². The van der Waals surface area contributed by atoms with Crippen LogP contribution in [-0.4, -0.2) is 45.1 Å². The SMILES string of the molecule is COc1ccc(Cl)cc1C(=O)NC[C@H]1CN(c2ccc3c(c2)OCO3)C(=O)O1. The number of ether oxygens (including phenoxy) is 4. The van der Waals surface area contributed by atoms with Crippen molar-refractivity contribution in [3.63, 3.8) is 0 Å². The number of cyclic esters (lactones) is 1. The lowest BCUT2D eigenvalue weighted by Gasteiger charge is -2.14. The van der Waals surface area contributed by atoms with Gasteiger partial charge < -0.3 is 24.3 Å². The van der Waals surface area contributed by atoms with E-state index in [1.165, 1.54) is 18.1 Å². The zero-order valence-electron chi connectivity index (χ0n) is 14.9. The lowest BCUT2D eigenvalue weighted by Crippen LogP contribution is -2.34. The fourth-order valence-electron chi connectivity index (χ4n) is 3.05. The normalized spacial score (nSPS) is 17.4. The number of amides is 2. The van der Waals surface area contributed by atoms with Gasteiger partial charge in [-0.2, -0.15) is 0 Å². The Labute approximate surface area is 165 Å². The van der Waals surface area contributed by atoms with Crippen molar-refractivity contribution in [2.24, 2.45) is 0 Å². The maximum atomic E-state index is 12.5. The molecule has 2 aliphatic heterocycles. The zero-order chi connectivity index (χ0) is 19.7. The molecule has 1 atom stereocenters. The summed E-state index contributed by atoms with van der Waals surface area (Å²) < 4.78 is 21.2. The number of halogens is 1. The standard InChI is InChI=1S/C19H17ClN2O6/c1-25-15-4-2-11(20)6-14(15)18(23)21-8-13-9-22(19(24)28-13)12-3-5-16-17(7-12)27-10-26-16/h2-7,13H,8-10H2,1H3,(H,21,23)/t13-/m0/s1. The Morgan fingerprint density at radius 3 is 2.89 bits per heavy atom. The lowest BCUT2D eigenvalue weighted by molar-refractivity contribution is 0.0913. The van der Waals surface area contributed by atoms with Crippen molar-refractivity contribution in [1.82, 2.24) is 5.32 Å². The second-order valence-electron chi connectivity index (χ2n) is 6.21. The number of hydrogen-bond acceptors (Lipinski definition) is 6. The van der Waals surface area contributed by atoms with Crippen LogP contribution in [0, 0.1) is 0 Å². The average molecular weight is 405 g/mol. The van der Waals surface area contributed by atoms with Crippen LogP contribution in [0.25, 0.3) is 0 Å². The van der Waals surface area contributed by atoms with Crippen LogP contribution < -0.4 is 24.4 Å². The summed E-state index contributed by atoms with van der Waals surface area (Å²) in [7, 11) is 1.47. The van der Waals surface area contributed by atoms with Gasteiger partial charge in [0.05, 0.1) is 31.5 Å². The minimum Gasteiger partial charge on any atom is -0.496 e. The lowest BCUT2D eigenvalue weighted by atomic mass is 10.2. The molecule has 0 spiro atoms. The molecular weight excluding hydrogens is 388 g/mol. The number of carbonyl (C=O) groups is 2. The molecule has 1 N–H and O–H groups in total. The van der Waals surface area contributed by atoms with Crippen molar-refractivity contribution in [1.29, 1.82) is 0 Å². The smallest absolute Gasteiger partial charge is 0.414 e. The molecule has 1 fully saturated rings. The molecule has 2 aromatic carbocycles. The second kappa shape index (κ2) is 7.47. The van der Waals surface area contributed by atoms with E-state index >= 15 is 0 Å². The van der Waals surface area contributed by atoms with E-state index in [9.17, 15) is 9.59 Å². The quantitative estimate of drug-likeness (QED) is 0.824. The number of fused-ring (bicyclic) bond motifs is 1. The molecule has 0 bridgehead atoms. The number of nitrogens with one attached hydrogen (secondary N) is 1. The van der Waals surface area contributed by atoms with Gasteiger partial charge in [-0.3, -0.25) is 9.69 Å². The number of benzene rings is 2. The molecule has 0 aromatic heterocycles. The van der Waals surface area contributed by atoms with Crippen molar-refractivity contribution in [3.05, 3.63) is 47.0 Å². The van der Waals surface area contributed by atoms with E-state index in [4.69, 9.17) is 30.5 Å². The van der Waals surface area contributed by atoms with Crippen LogP contribution >= 0.6 is 11.6 Å². The summed E-state index contributed by atoms with van der Waals surface area (Å²) in [6, 6.07) is 10.0. The third-order valence-electron chi connectivity index (χ3n) is 4.44. The van der Waals surface area contributed by atoms with E-state index in [2.05, 4.69) is 5.32 Å². The van der Waals surface area contributed by atoms with Crippen molar-refractivity contribution >= 4 is 29.3 Å². The van der Waals surface area contributed by atoms with Crippen LogP contribution in [0.3, 0.4) is 0 Å². The maximum absolute atomic E-state index is 12.5. The fraction of sp³-hybridized carbons (Fsp3) is 0.263. The number of anilines is 1. The molecule has 0 unspecified atom stereocenters. The minimum absolute atomic E-state index is 0.154. The van der Waals surface area contributed by atoms with Gasteiger partial charge in [0.15, 0.2) is 11.5 Å². The monoisotopic (exact) mass is 404 g/mol. The highest BCUT2D eigenvalue weighted by molar-refractivity contribution is 6.31. The predicted molar refractivity (Wildman–Crippen MR) is 101 cm³/mol. The molecule has 0 aliphatic carbocycles. The average Bonchev–Trinajstić information content (AvgIpc) is 3.31. The van der Waals surface area contributed by atoms with Gasteiger partial charge in [0, 0.05) is 11.1 Å². The van der Waals surface area contributed by atoms with Crippen LogP contribution in [0.5, 0.6) is 17.2 Å². The van der Waals surface area contributed by atoms with Crippen LogP contribution in [0.1, 0.15) is 10.4 Å². The number of carbonyl (C=O) groups excluding carboxylic acids is 2. The molecule has 1 saturated heterocycles. The van der Waals surface area contributed by atoms with E-state index < -0.39 is 12.2 Å². The number of hydrogen-bond donors (Lipinski definition) is 1. The molecule has 4 rings (SSSR count). The minimum atomic E-state index is -0.493. The van der Waals surface area contributed by atoms with Gasteiger partial charge in [-0.15, -0.1) is 0 Å². The molecular formula is C19H17ClN2O6. The van der Waals surface area contributed by atoms with Gasteiger partial charge in [-0.05, 0) is 30.3 Å². The van der Waals surface area contributed by atoms with Crippen LogP contribution in [0.4, 0.5) is 10.5 Å². The first kappa shape index (κ1) is 18.2. The second-order valence-corrected chi connectivity index (χ2v) is 6.65. The van der Waals surface area contributed by atoms with Gasteiger partial charge in [0.1, 0.15) is 11.9 Å². The number of methoxy groups -OCH3 is 1. The first-order valence-corrected chi connectivity index (χ1v) is 8.92. The summed E-state index contributed by atoms with van der Waals surface area (Å²) in [5.41, 5.74) is 0.950. The summed E-state index contributed by atoms with van der Waals surface area (Å²) in [5, 5.41) is 3.17. The number of nitrogens with zero attached hydrogens (tertiary/aromatic N) is 1. The molecule has 28 heavy (non-hydrogen) atoms. The van der Waals surface area contributed by atoms with Gasteiger partial charge in [0.2, 0.25) is 6.79 Å². The van der Waals surface area contributed by atoms with Crippen molar-refractivity contribution in [2.75, 3.05) is 31.9 Å². The summed E-state index contributed by atoms with van der Waals surface area (Å²) in [6.07, 6.45) is -0.981. The van der Waals surface area contributed by atoms with E-state index in [0.29, 0.717) is 40.1 Å². The first-order chi connectivity index (χ1) is 13.5. The molecule has 0 saturated carbocycles. The Balaban J connectivity index is 1.40. The maximum Gasteiger partial charge on any atom is 0.414 e. The molecule has 2 amide bonds. The third-order valence-corrected chi connectivity index (χ3v) is 4.67. The van der Waals surface area contributed by atoms with Crippen LogP contribution in [-0.2, 0) is 4.74 Å². The molecule has 146 valence electrons. The topological polar surface area (TPSA) is 86.3 Å². The number of rotatable bonds is 5. The van der Waals surface area contributed by atoms with Crippen molar-refractivity contribution in [2.45, 2.75) is 6.10 Å². The molecule has 8 nitrogen and oxygen atoms in total. The highest BCUT2D eigenvalue weighted by atomic mass is 35.5. The van der Waals surface area contributed by atoms with Gasteiger partial charge in [0.25, 0.3) is 5.91 Å². The van der Waals surface area contributed by atoms with E-state index in [0.717, 1.165) is 0 Å². The highest BCUT2D eigenvalue weighted by Crippen LogP contribution is 2.36. The van der Waals surface area contributed by atoms with Gasteiger partial charge in [-0.25, -0.2) is 4.79 Å². The Bertz CT molecular complexity index is 935. The van der Waals surface area contributed by atoms with Gasteiger partial charge >= 0.3 is 6.09 Å². The summed E-state index contributed by atoms with van der Waals surface area (Å²) in [5.74, 6) is 1.26. The van der Waals surface area contributed by atoms with E-state index in [-0.39, 0.29) is 19.2 Å². The zero-order valence-corrected chi connectivity index (χ0v) is 15.7. The highest BCUT2D eigenvalue weighted by Gasteiger charge is 2.33. The summed E-state index contributed by atoms with van der Waals surface area (Å²) in [4.78, 5) is 26.2. The summed E-state index contributed by atoms with van der Waals surface area (Å²) >= 11 is 5.96. The molecule has 2 aliphatic rings. The Hall–Kier alpha value is -3.13. The molecule has 0 radical (unpaired) electrons. The predicted octanol–water partition coefficient (Wildman–Crippen LogP) is 2.83. The van der Waals surface area contributed by atoms with E-state index in [1.54, 1.807) is 30.3 Å².